The molecule has 0 amide bonds. The summed E-state index contributed by atoms with van der Waals surface area (Å²) in [6.07, 6.45) is 5.24. The van der Waals surface area contributed by atoms with E-state index in [0.717, 1.165) is 17.4 Å². The number of anilines is 1. The van der Waals surface area contributed by atoms with E-state index < -0.39 is 0 Å². The zero-order valence-electron chi connectivity index (χ0n) is 13.7. The molecule has 22 heavy (non-hydrogen) atoms. The average molecular weight is 299 g/mol. The largest absolute Gasteiger partial charge is 0.493 e. The molecule has 1 fully saturated rings. The van der Waals surface area contributed by atoms with Gasteiger partial charge in [-0.1, -0.05) is 25.8 Å². The molecule has 0 saturated heterocycles. The van der Waals surface area contributed by atoms with E-state index in [-0.39, 0.29) is 0 Å². The normalized spacial score (nSPS) is 21.6. The Morgan fingerprint density at radius 3 is 2.36 bits per heavy atom. The number of benzene rings is 2. The van der Waals surface area contributed by atoms with Crippen molar-refractivity contribution in [3.63, 3.8) is 0 Å². The van der Waals surface area contributed by atoms with Crippen LogP contribution in [0.2, 0.25) is 0 Å². The summed E-state index contributed by atoms with van der Waals surface area (Å²) >= 11 is 0. The van der Waals surface area contributed by atoms with Gasteiger partial charge < -0.3 is 14.8 Å². The maximum absolute atomic E-state index is 5.40. The fraction of sp³-hybridized carbons (Fsp3) is 0.474. The van der Waals surface area contributed by atoms with Gasteiger partial charge in [0.25, 0.3) is 0 Å². The van der Waals surface area contributed by atoms with E-state index in [9.17, 15) is 0 Å². The number of hydrogen-bond acceptors (Lipinski definition) is 3. The molecule has 1 N–H and O–H groups in total. The first kappa shape index (κ1) is 15.0. The van der Waals surface area contributed by atoms with E-state index in [1.54, 1.807) is 14.2 Å². The molecule has 0 aliphatic heterocycles. The van der Waals surface area contributed by atoms with E-state index in [0.29, 0.717) is 6.04 Å². The summed E-state index contributed by atoms with van der Waals surface area (Å²) in [6, 6.07) is 11.2. The van der Waals surface area contributed by atoms with E-state index in [1.165, 1.54) is 42.1 Å². The smallest absolute Gasteiger partial charge is 0.161 e. The molecule has 3 heteroatoms. The summed E-state index contributed by atoms with van der Waals surface area (Å²) < 4.78 is 10.8. The number of nitrogens with one attached hydrogen (secondary N) is 1. The lowest BCUT2D eigenvalue weighted by atomic mass is 9.87. The van der Waals surface area contributed by atoms with Gasteiger partial charge in [0.15, 0.2) is 11.5 Å². The van der Waals surface area contributed by atoms with E-state index >= 15 is 0 Å². The Morgan fingerprint density at radius 2 is 1.68 bits per heavy atom. The molecule has 0 bridgehead atoms. The van der Waals surface area contributed by atoms with Crippen LogP contribution < -0.4 is 14.8 Å². The van der Waals surface area contributed by atoms with Crippen molar-refractivity contribution >= 4 is 16.5 Å². The molecule has 3 rings (SSSR count). The van der Waals surface area contributed by atoms with Crippen molar-refractivity contribution in [1.82, 2.24) is 0 Å². The second-order valence-electron chi connectivity index (χ2n) is 6.38. The Balaban J connectivity index is 1.85. The minimum Gasteiger partial charge on any atom is -0.493 e. The van der Waals surface area contributed by atoms with Gasteiger partial charge in [0.05, 0.1) is 14.2 Å². The van der Waals surface area contributed by atoms with Crippen LogP contribution in [0.4, 0.5) is 5.69 Å². The molecule has 1 aliphatic carbocycles. The summed E-state index contributed by atoms with van der Waals surface area (Å²) in [5, 5.41) is 6.04. The molecule has 2 aromatic carbocycles. The molecule has 0 radical (unpaired) electrons. The van der Waals surface area contributed by atoms with Gasteiger partial charge in [-0.05, 0) is 53.8 Å². The highest BCUT2D eigenvalue weighted by atomic mass is 16.5. The standard InChI is InChI=1S/C19H25NO2/c1-13-5-4-6-16(9-13)20-17-8-7-14-11-18(21-2)19(22-3)12-15(14)10-17/h7-8,10-13,16,20H,4-6,9H2,1-3H3. The molecule has 1 saturated carbocycles. The molecule has 0 aromatic heterocycles. The summed E-state index contributed by atoms with van der Waals surface area (Å²) in [5.41, 5.74) is 1.19. The van der Waals surface area contributed by atoms with Crippen LogP contribution in [0, 0.1) is 5.92 Å². The Hall–Kier alpha value is -1.90. The number of ether oxygens (including phenoxy) is 2. The minimum atomic E-state index is 0.598. The van der Waals surface area contributed by atoms with Crippen LogP contribution in [0.1, 0.15) is 32.6 Å². The maximum atomic E-state index is 5.40. The first-order valence-electron chi connectivity index (χ1n) is 8.12. The molecule has 2 unspecified atom stereocenters. The van der Waals surface area contributed by atoms with E-state index in [1.807, 2.05) is 12.1 Å². The summed E-state index contributed by atoms with van der Waals surface area (Å²) in [6.45, 7) is 2.35. The van der Waals surface area contributed by atoms with Gasteiger partial charge in [-0.2, -0.15) is 0 Å². The Kier molecular flexibility index (Phi) is 4.41. The van der Waals surface area contributed by atoms with Crippen molar-refractivity contribution in [2.24, 2.45) is 5.92 Å². The van der Waals surface area contributed by atoms with Crippen LogP contribution in [0.5, 0.6) is 11.5 Å². The van der Waals surface area contributed by atoms with Crippen LogP contribution in [0.3, 0.4) is 0 Å². The lowest BCUT2D eigenvalue weighted by molar-refractivity contribution is 0.356. The highest BCUT2D eigenvalue weighted by Gasteiger charge is 2.18. The van der Waals surface area contributed by atoms with Crippen molar-refractivity contribution in [2.75, 3.05) is 19.5 Å². The third kappa shape index (κ3) is 3.13. The van der Waals surface area contributed by atoms with Gasteiger partial charge in [-0.3, -0.25) is 0 Å². The average Bonchev–Trinajstić information content (AvgIpc) is 2.53. The van der Waals surface area contributed by atoms with Gasteiger partial charge in [0.1, 0.15) is 0 Å². The summed E-state index contributed by atoms with van der Waals surface area (Å²) in [5.74, 6) is 2.38. The molecule has 1 aliphatic rings. The summed E-state index contributed by atoms with van der Waals surface area (Å²) in [7, 11) is 3.35. The van der Waals surface area contributed by atoms with Crippen LogP contribution in [-0.2, 0) is 0 Å². The van der Waals surface area contributed by atoms with E-state index in [2.05, 4.69) is 30.4 Å². The number of rotatable bonds is 4. The monoisotopic (exact) mass is 299 g/mol. The lowest BCUT2D eigenvalue weighted by Gasteiger charge is -2.28. The fourth-order valence-corrected chi connectivity index (χ4v) is 3.47. The second-order valence-corrected chi connectivity index (χ2v) is 6.38. The van der Waals surface area contributed by atoms with Crippen molar-refractivity contribution in [2.45, 2.75) is 38.6 Å². The molecule has 0 heterocycles. The van der Waals surface area contributed by atoms with E-state index in [4.69, 9.17) is 9.47 Å². The van der Waals surface area contributed by atoms with Gasteiger partial charge in [-0.25, -0.2) is 0 Å². The zero-order chi connectivity index (χ0) is 15.5. The highest BCUT2D eigenvalue weighted by molar-refractivity contribution is 5.88. The number of fused-ring (bicyclic) bond motifs is 1. The maximum Gasteiger partial charge on any atom is 0.161 e. The predicted octanol–water partition coefficient (Wildman–Crippen LogP) is 4.85. The van der Waals surface area contributed by atoms with Gasteiger partial charge in [-0.15, -0.1) is 0 Å². The quantitative estimate of drug-likeness (QED) is 0.875. The summed E-state index contributed by atoms with van der Waals surface area (Å²) in [4.78, 5) is 0. The molecule has 0 spiro atoms. The van der Waals surface area contributed by atoms with Crippen molar-refractivity contribution in [3.8, 4) is 11.5 Å². The van der Waals surface area contributed by atoms with Crippen molar-refractivity contribution in [1.29, 1.82) is 0 Å². The van der Waals surface area contributed by atoms with Crippen LogP contribution >= 0.6 is 0 Å². The Labute approximate surface area is 132 Å². The third-order valence-electron chi connectivity index (χ3n) is 4.65. The number of hydrogen-bond donors (Lipinski definition) is 1. The second kappa shape index (κ2) is 6.47. The Morgan fingerprint density at radius 1 is 0.955 bits per heavy atom. The zero-order valence-corrected chi connectivity index (χ0v) is 13.7. The first-order chi connectivity index (χ1) is 10.7. The Bertz CT molecular complexity index is 653. The van der Waals surface area contributed by atoms with Gasteiger partial charge in [0, 0.05) is 11.7 Å². The molecule has 2 atom stereocenters. The molecule has 118 valence electrons. The molecular formula is C19H25NO2. The molecule has 3 nitrogen and oxygen atoms in total. The minimum absolute atomic E-state index is 0.598. The fourth-order valence-electron chi connectivity index (χ4n) is 3.47. The lowest BCUT2D eigenvalue weighted by Crippen LogP contribution is -2.26. The third-order valence-corrected chi connectivity index (χ3v) is 4.65. The molecular weight excluding hydrogens is 274 g/mol. The number of methoxy groups -OCH3 is 2. The first-order valence-corrected chi connectivity index (χ1v) is 8.12. The van der Waals surface area contributed by atoms with Gasteiger partial charge in [0.2, 0.25) is 0 Å². The SMILES string of the molecule is COc1cc2ccc(NC3CCCC(C)C3)cc2cc1OC. The predicted molar refractivity (Wildman–Crippen MR) is 92.1 cm³/mol. The van der Waals surface area contributed by atoms with Crippen LogP contribution in [0.15, 0.2) is 30.3 Å². The molecule has 2 aromatic rings. The van der Waals surface area contributed by atoms with Crippen LogP contribution in [-0.4, -0.2) is 20.3 Å². The highest BCUT2D eigenvalue weighted by Crippen LogP contribution is 2.34. The topological polar surface area (TPSA) is 30.5 Å². The van der Waals surface area contributed by atoms with Crippen molar-refractivity contribution < 1.29 is 9.47 Å². The van der Waals surface area contributed by atoms with Crippen molar-refractivity contribution in [3.05, 3.63) is 30.3 Å². The van der Waals surface area contributed by atoms with Crippen LogP contribution in [0.25, 0.3) is 10.8 Å². The van der Waals surface area contributed by atoms with Gasteiger partial charge >= 0.3 is 0 Å².